The standard InChI is InChI=1S/C30H34FNO4S/c1-4-37-12-6-11-35-24-13-19(2)30(20(3)14-24)23-8-5-7-22(15-23)27-18-36-28-16-21(9-10-29(33)34)25(31)17-26(28)32-27/h5,7-8,13-17,27,32H,4,6,9-12,18H2,1-3H3,(H,33,34). The van der Waals surface area contributed by atoms with Gasteiger partial charge in [0.25, 0.3) is 0 Å². The topological polar surface area (TPSA) is 67.8 Å². The number of ether oxygens (including phenoxy) is 2. The first kappa shape index (κ1) is 26.9. The van der Waals surface area contributed by atoms with E-state index in [2.05, 4.69) is 50.4 Å². The van der Waals surface area contributed by atoms with Crippen LogP contribution in [0.15, 0.2) is 48.5 Å². The largest absolute Gasteiger partial charge is 0.494 e. The van der Waals surface area contributed by atoms with Gasteiger partial charge < -0.3 is 19.9 Å². The number of carbonyl (C=O) groups is 1. The average molecular weight is 524 g/mol. The molecule has 0 fully saturated rings. The van der Waals surface area contributed by atoms with Crippen molar-refractivity contribution in [1.29, 1.82) is 0 Å². The van der Waals surface area contributed by atoms with Crippen LogP contribution in [-0.2, 0) is 11.2 Å². The van der Waals surface area contributed by atoms with Crippen LogP contribution in [0.4, 0.5) is 10.1 Å². The summed E-state index contributed by atoms with van der Waals surface area (Å²) >= 11 is 1.93. The van der Waals surface area contributed by atoms with Crippen molar-refractivity contribution in [3.8, 4) is 22.6 Å². The first-order valence-electron chi connectivity index (χ1n) is 12.7. The van der Waals surface area contributed by atoms with Crippen LogP contribution < -0.4 is 14.8 Å². The molecule has 1 aliphatic heterocycles. The molecule has 37 heavy (non-hydrogen) atoms. The van der Waals surface area contributed by atoms with Gasteiger partial charge in [-0.15, -0.1) is 0 Å². The lowest BCUT2D eigenvalue weighted by Crippen LogP contribution is -2.24. The summed E-state index contributed by atoms with van der Waals surface area (Å²) in [5, 5.41) is 12.3. The minimum Gasteiger partial charge on any atom is -0.494 e. The summed E-state index contributed by atoms with van der Waals surface area (Å²) in [6.45, 7) is 7.50. The molecule has 0 aromatic heterocycles. The van der Waals surface area contributed by atoms with E-state index in [1.807, 2.05) is 23.9 Å². The molecule has 0 aliphatic carbocycles. The Morgan fingerprint density at radius 2 is 1.97 bits per heavy atom. The highest BCUT2D eigenvalue weighted by Gasteiger charge is 2.23. The summed E-state index contributed by atoms with van der Waals surface area (Å²) in [6.07, 6.45) is 1.04. The molecule has 0 bridgehead atoms. The molecule has 3 aromatic carbocycles. The summed E-state index contributed by atoms with van der Waals surface area (Å²) < 4.78 is 26.6. The Morgan fingerprint density at radius 1 is 1.19 bits per heavy atom. The molecule has 3 aromatic rings. The maximum atomic E-state index is 14.6. The fraction of sp³-hybridized carbons (Fsp3) is 0.367. The number of nitrogens with one attached hydrogen (secondary N) is 1. The SMILES string of the molecule is CCSCCCOc1cc(C)c(-c2cccc(C3COc4cc(CCC(=O)O)c(F)cc4N3)c2)c(C)c1. The third-order valence-electron chi connectivity index (χ3n) is 6.48. The second kappa shape index (κ2) is 12.4. The van der Waals surface area contributed by atoms with Crippen LogP contribution in [0.5, 0.6) is 11.5 Å². The van der Waals surface area contributed by atoms with Crippen molar-refractivity contribution >= 4 is 23.4 Å². The van der Waals surface area contributed by atoms with Gasteiger partial charge in [-0.1, -0.05) is 25.1 Å². The predicted octanol–water partition coefficient (Wildman–Crippen LogP) is 7.19. The zero-order valence-electron chi connectivity index (χ0n) is 21.6. The summed E-state index contributed by atoms with van der Waals surface area (Å²) in [5.74, 6) is 2.31. The first-order valence-corrected chi connectivity index (χ1v) is 13.9. The quantitative estimate of drug-likeness (QED) is 0.259. The van der Waals surface area contributed by atoms with E-state index >= 15 is 0 Å². The molecule has 1 heterocycles. The van der Waals surface area contributed by atoms with Gasteiger partial charge in [-0.05, 0) is 95.8 Å². The van der Waals surface area contributed by atoms with E-state index in [-0.39, 0.29) is 18.9 Å². The summed E-state index contributed by atoms with van der Waals surface area (Å²) in [4.78, 5) is 10.9. The Morgan fingerprint density at radius 3 is 2.70 bits per heavy atom. The highest BCUT2D eigenvalue weighted by Crippen LogP contribution is 2.38. The first-order chi connectivity index (χ1) is 17.9. The number of hydrogen-bond donors (Lipinski definition) is 2. The lowest BCUT2D eigenvalue weighted by molar-refractivity contribution is -0.136. The Kier molecular flexibility index (Phi) is 8.98. The minimum atomic E-state index is -0.953. The number of hydrogen-bond acceptors (Lipinski definition) is 5. The Labute approximate surface area is 222 Å². The molecule has 7 heteroatoms. The number of fused-ring (bicyclic) bond motifs is 1. The maximum absolute atomic E-state index is 14.6. The zero-order valence-corrected chi connectivity index (χ0v) is 22.4. The minimum absolute atomic E-state index is 0.122. The van der Waals surface area contributed by atoms with Crippen LogP contribution in [0.2, 0.25) is 0 Å². The van der Waals surface area contributed by atoms with Crippen molar-refractivity contribution < 1.29 is 23.8 Å². The highest BCUT2D eigenvalue weighted by atomic mass is 32.2. The van der Waals surface area contributed by atoms with Crippen molar-refractivity contribution in [1.82, 2.24) is 0 Å². The lowest BCUT2D eigenvalue weighted by Gasteiger charge is -2.29. The summed E-state index contributed by atoms with van der Waals surface area (Å²) in [5.41, 5.74) is 6.58. The van der Waals surface area contributed by atoms with Gasteiger partial charge in [0.1, 0.15) is 23.9 Å². The van der Waals surface area contributed by atoms with Gasteiger partial charge in [0, 0.05) is 12.5 Å². The van der Waals surface area contributed by atoms with Gasteiger partial charge in [-0.3, -0.25) is 4.79 Å². The molecule has 1 unspecified atom stereocenters. The van der Waals surface area contributed by atoms with Crippen molar-refractivity contribution in [2.45, 2.75) is 46.1 Å². The van der Waals surface area contributed by atoms with E-state index in [0.717, 1.165) is 52.5 Å². The third-order valence-corrected chi connectivity index (χ3v) is 7.47. The molecule has 196 valence electrons. The Hall–Kier alpha value is -3.19. The van der Waals surface area contributed by atoms with E-state index in [0.29, 0.717) is 23.6 Å². The van der Waals surface area contributed by atoms with Gasteiger partial charge in [-0.2, -0.15) is 11.8 Å². The van der Waals surface area contributed by atoms with E-state index in [1.165, 1.54) is 11.6 Å². The van der Waals surface area contributed by atoms with Crippen LogP contribution in [-0.4, -0.2) is 35.8 Å². The fourth-order valence-corrected chi connectivity index (χ4v) is 5.32. The van der Waals surface area contributed by atoms with Gasteiger partial charge in [0.2, 0.25) is 0 Å². The number of rotatable bonds is 11. The molecule has 1 atom stereocenters. The van der Waals surface area contributed by atoms with Crippen LogP contribution in [0.3, 0.4) is 0 Å². The summed E-state index contributed by atoms with van der Waals surface area (Å²) in [7, 11) is 0. The van der Waals surface area contributed by atoms with Crippen LogP contribution in [0.25, 0.3) is 11.1 Å². The van der Waals surface area contributed by atoms with E-state index in [9.17, 15) is 9.18 Å². The lowest BCUT2D eigenvalue weighted by atomic mass is 9.92. The van der Waals surface area contributed by atoms with Crippen molar-refractivity contribution in [2.75, 3.05) is 30.0 Å². The van der Waals surface area contributed by atoms with E-state index in [1.54, 1.807) is 6.07 Å². The highest BCUT2D eigenvalue weighted by molar-refractivity contribution is 7.99. The molecule has 4 rings (SSSR count). The number of aliphatic carboxylic acids is 1. The molecular formula is C30H34FNO4S. The number of halogens is 1. The maximum Gasteiger partial charge on any atom is 0.303 e. The van der Waals surface area contributed by atoms with Crippen LogP contribution in [0.1, 0.15) is 48.1 Å². The molecule has 0 spiro atoms. The normalized spacial score (nSPS) is 14.4. The van der Waals surface area contributed by atoms with Gasteiger partial charge in [-0.25, -0.2) is 4.39 Å². The summed E-state index contributed by atoms with van der Waals surface area (Å²) in [6, 6.07) is 15.4. The van der Waals surface area contributed by atoms with Gasteiger partial charge in [0.15, 0.2) is 0 Å². The van der Waals surface area contributed by atoms with Crippen molar-refractivity contribution in [3.63, 3.8) is 0 Å². The Bertz CT molecular complexity index is 1240. The molecular weight excluding hydrogens is 489 g/mol. The second-order valence-electron chi connectivity index (χ2n) is 9.30. The average Bonchev–Trinajstić information content (AvgIpc) is 2.87. The van der Waals surface area contributed by atoms with E-state index in [4.69, 9.17) is 14.6 Å². The molecule has 0 saturated heterocycles. The fourth-order valence-electron chi connectivity index (χ4n) is 4.71. The van der Waals surface area contributed by atoms with Crippen LogP contribution >= 0.6 is 11.8 Å². The second-order valence-corrected chi connectivity index (χ2v) is 10.7. The third kappa shape index (κ3) is 6.77. The number of carboxylic acids is 1. The van der Waals surface area contributed by atoms with Gasteiger partial charge in [0.05, 0.1) is 18.3 Å². The molecule has 0 radical (unpaired) electrons. The number of anilines is 1. The number of benzene rings is 3. The smallest absolute Gasteiger partial charge is 0.303 e. The number of thioether (sulfide) groups is 1. The molecule has 0 amide bonds. The number of aryl methyl sites for hydroxylation is 3. The van der Waals surface area contributed by atoms with Crippen molar-refractivity contribution in [2.24, 2.45) is 0 Å². The van der Waals surface area contributed by atoms with E-state index < -0.39 is 11.8 Å². The van der Waals surface area contributed by atoms with Crippen LogP contribution in [0, 0.1) is 19.7 Å². The zero-order chi connectivity index (χ0) is 26.4. The predicted molar refractivity (Wildman–Crippen MR) is 149 cm³/mol. The molecule has 1 aliphatic rings. The van der Waals surface area contributed by atoms with Crippen molar-refractivity contribution in [3.05, 3.63) is 76.6 Å². The molecule has 5 nitrogen and oxygen atoms in total. The monoisotopic (exact) mass is 523 g/mol. The number of carboxylic acid groups (broad SMARTS) is 1. The van der Waals surface area contributed by atoms with Gasteiger partial charge >= 0.3 is 5.97 Å². The Balaban J connectivity index is 1.49. The molecule has 0 saturated carbocycles. The molecule has 2 N–H and O–H groups in total.